The summed E-state index contributed by atoms with van der Waals surface area (Å²) in [7, 11) is 0. The van der Waals surface area contributed by atoms with Gasteiger partial charge in [-0.3, -0.25) is 4.79 Å². The number of hydrogen-bond donors (Lipinski definition) is 0. The number of thioether (sulfide) groups is 2. The van der Waals surface area contributed by atoms with Gasteiger partial charge in [0.1, 0.15) is 0 Å². The number of rotatable bonds is 5. The van der Waals surface area contributed by atoms with E-state index >= 15 is 0 Å². The molecule has 0 amide bonds. The van der Waals surface area contributed by atoms with Crippen LogP contribution in [0, 0.1) is 26.7 Å². The zero-order valence-corrected chi connectivity index (χ0v) is 18.6. The van der Waals surface area contributed by atoms with E-state index in [9.17, 15) is 4.79 Å². The maximum Gasteiger partial charge on any atom is 0.193 e. The molecule has 0 aliphatic heterocycles. The first-order valence-corrected chi connectivity index (χ1v) is 10.8. The summed E-state index contributed by atoms with van der Waals surface area (Å²) < 4.78 is -0.0626. The zero-order chi connectivity index (χ0) is 19.5. The van der Waals surface area contributed by atoms with Crippen molar-refractivity contribution in [2.24, 2.45) is 5.92 Å². The molecule has 2 aromatic carbocycles. The Hall–Kier alpha value is -1.19. The Balaban J connectivity index is 2.38. The summed E-state index contributed by atoms with van der Waals surface area (Å²) in [5, 5.41) is 0.375. The minimum Gasteiger partial charge on any atom is -0.287 e. The first-order chi connectivity index (χ1) is 12.1. The average molecular weight is 387 g/mol. The van der Waals surface area contributed by atoms with Gasteiger partial charge in [-0.15, -0.1) is 11.8 Å². The molecule has 0 aliphatic rings. The van der Waals surface area contributed by atoms with Crippen molar-refractivity contribution in [3.8, 4) is 0 Å². The van der Waals surface area contributed by atoms with E-state index in [0.717, 1.165) is 0 Å². The van der Waals surface area contributed by atoms with E-state index in [0.29, 0.717) is 0 Å². The molecule has 3 heteroatoms. The van der Waals surface area contributed by atoms with E-state index in [4.69, 9.17) is 0 Å². The smallest absolute Gasteiger partial charge is 0.193 e. The van der Waals surface area contributed by atoms with Crippen molar-refractivity contribution in [2.75, 3.05) is 0 Å². The molecule has 0 N–H and O–H groups in total. The lowest BCUT2D eigenvalue weighted by atomic mass is 10.0. The van der Waals surface area contributed by atoms with Gasteiger partial charge in [0.2, 0.25) is 0 Å². The van der Waals surface area contributed by atoms with Crippen molar-refractivity contribution in [2.45, 2.75) is 63.4 Å². The lowest BCUT2D eigenvalue weighted by Gasteiger charge is -2.27. The highest BCUT2D eigenvalue weighted by Gasteiger charge is 2.30. The first kappa shape index (κ1) is 21.1. The van der Waals surface area contributed by atoms with Crippen molar-refractivity contribution in [1.82, 2.24) is 0 Å². The summed E-state index contributed by atoms with van der Waals surface area (Å²) in [6.07, 6.45) is 0. The summed E-state index contributed by atoms with van der Waals surface area (Å²) >= 11 is 3.29. The van der Waals surface area contributed by atoms with Crippen LogP contribution < -0.4 is 0 Å². The number of benzene rings is 2. The largest absolute Gasteiger partial charge is 0.287 e. The molecular weight excluding hydrogens is 356 g/mol. The number of carbonyl (C=O) groups excluding carboxylic acids is 1. The van der Waals surface area contributed by atoms with Crippen molar-refractivity contribution < 1.29 is 4.79 Å². The second-order valence-corrected chi connectivity index (χ2v) is 11.0. The maximum absolute atomic E-state index is 12.9. The summed E-state index contributed by atoms with van der Waals surface area (Å²) in [5.74, 6) is -0.0632. The van der Waals surface area contributed by atoms with Crippen LogP contribution in [-0.2, 0) is 4.79 Å². The van der Waals surface area contributed by atoms with Crippen LogP contribution in [0.15, 0.2) is 47.4 Å². The molecule has 0 heterocycles. The molecule has 140 valence electrons. The van der Waals surface area contributed by atoms with E-state index in [2.05, 4.69) is 84.9 Å². The van der Waals surface area contributed by atoms with Crippen LogP contribution in [0.1, 0.15) is 55.2 Å². The Bertz CT molecular complexity index is 737. The van der Waals surface area contributed by atoms with Gasteiger partial charge in [-0.2, -0.15) is 0 Å². The molecule has 2 atom stereocenters. The highest BCUT2D eigenvalue weighted by atomic mass is 32.2. The SMILES string of the molecule is Cc1cc(C)c(S[C@H](c2ccccc2)[C@@H](C)C(=O)SC(C)(C)C)c(C)c1. The van der Waals surface area contributed by atoms with Gasteiger partial charge in [-0.05, 0) is 37.5 Å². The van der Waals surface area contributed by atoms with Gasteiger partial charge >= 0.3 is 0 Å². The number of aryl methyl sites for hydroxylation is 3. The fourth-order valence-corrected chi connectivity index (χ4v) is 5.48. The molecule has 2 aromatic rings. The third kappa shape index (κ3) is 5.65. The van der Waals surface area contributed by atoms with Crippen LogP contribution in [0.3, 0.4) is 0 Å². The number of carbonyl (C=O) groups is 1. The van der Waals surface area contributed by atoms with Crippen LogP contribution in [0.2, 0.25) is 0 Å². The predicted octanol–water partition coefficient (Wildman–Crippen LogP) is 7.14. The van der Waals surface area contributed by atoms with E-state index in [1.807, 2.05) is 17.8 Å². The van der Waals surface area contributed by atoms with Crippen molar-refractivity contribution >= 4 is 28.6 Å². The summed E-state index contributed by atoms with van der Waals surface area (Å²) in [6, 6.07) is 14.9. The van der Waals surface area contributed by atoms with E-state index < -0.39 is 0 Å². The normalized spacial score (nSPS) is 14.1. The first-order valence-electron chi connectivity index (χ1n) is 9.11. The van der Waals surface area contributed by atoms with Gasteiger partial charge in [0.25, 0.3) is 0 Å². The molecule has 0 bridgehead atoms. The van der Waals surface area contributed by atoms with Crippen molar-refractivity contribution in [3.63, 3.8) is 0 Å². The highest BCUT2D eigenvalue weighted by molar-refractivity contribution is 8.14. The molecule has 0 saturated heterocycles. The lowest BCUT2D eigenvalue weighted by Crippen LogP contribution is -2.20. The van der Waals surface area contributed by atoms with Gasteiger partial charge in [0.15, 0.2) is 5.12 Å². The fourth-order valence-electron chi connectivity index (χ4n) is 3.10. The Morgan fingerprint density at radius 3 is 2.00 bits per heavy atom. The summed E-state index contributed by atoms with van der Waals surface area (Å²) in [6.45, 7) is 14.8. The van der Waals surface area contributed by atoms with Crippen LogP contribution in [0.25, 0.3) is 0 Å². The molecule has 0 unspecified atom stereocenters. The van der Waals surface area contributed by atoms with Crippen molar-refractivity contribution in [3.05, 3.63) is 64.7 Å². The van der Waals surface area contributed by atoms with E-state index in [-0.39, 0.29) is 21.0 Å². The topological polar surface area (TPSA) is 17.1 Å². The predicted molar refractivity (Wildman–Crippen MR) is 117 cm³/mol. The second kappa shape index (κ2) is 8.67. The lowest BCUT2D eigenvalue weighted by molar-refractivity contribution is -0.114. The minimum atomic E-state index is -0.0632. The van der Waals surface area contributed by atoms with E-state index in [1.54, 1.807) is 0 Å². The fraction of sp³-hybridized carbons (Fsp3) is 0.435. The Labute approximate surface area is 167 Å². The molecular formula is C23H30OS2. The molecule has 0 fully saturated rings. The third-order valence-electron chi connectivity index (χ3n) is 4.21. The molecule has 0 spiro atoms. The van der Waals surface area contributed by atoms with Crippen molar-refractivity contribution in [1.29, 1.82) is 0 Å². The van der Waals surface area contributed by atoms with Gasteiger partial charge in [-0.1, -0.05) is 87.5 Å². The van der Waals surface area contributed by atoms with Crippen LogP contribution in [-0.4, -0.2) is 9.86 Å². The zero-order valence-electron chi connectivity index (χ0n) is 16.9. The average Bonchev–Trinajstić information content (AvgIpc) is 2.53. The van der Waals surface area contributed by atoms with Crippen LogP contribution >= 0.6 is 23.5 Å². The second-order valence-electron chi connectivity index (χ2n) is 8.00. The van der Waals surface area contributed by atoms with Gasteiger partial charge in [0, 0.05) is 20.8 Å². The molecule has 1 nitrogen and oxygen atoms in total. The monoisotopic (exact) mass is 386 g/mol. The summed E-state index contributed by atoms with van der Waals surface area (Å²) in [5.41, 5.74) is 5.08. The van der Waals surface area contributed by atoms with Gasteiger partial charge in [-0.25, -0.2) is 0 Å². The Morgan fingerprint density at radius 1 is 0.962 bits per heavy atom. The van der Waals surface area contributed by atoms with Crippen LogP contribution in [0.4, 0.5) is 0 Å². The molecule has 0 radical (unpaired) electrons. The van der Waals surface area contributed by atoms with Crippen LogP contribution in [0.5, 0.6) is 0 Å². The molecule has 0 aromatic heterocycles. The Morgan fingerprint density at radius 2 is 1.50 bits per heavy atom. The third-order valence-corrected chi connectivity index (χ3v) is 7.21. The number of hydrogen-bond acceptors (Lipinski definition) is 3. The minimum absolute atomic E-state index is 0.0626. The molecule has 0 aliphatic carbocycles. The molecule has 26 heavy (non-hydrogen) atoms. The standard InChI is InChI=1S/C23H30OS2/c1-15-13-16(2)20(17(3)14-15)25-21(19-11-9-8-10-12-19)18(4)22(24)26-23(5,6)7/h8-14,18,21H,1-7H3/t18-,21+/m1/s1. The van der Waals surface area contributed by atoms with Gasteiger partial charge < -0.3 is 0 Å². The summed E-state index contributed by atoms with van der Waals surface area (Å²) in [4.78, 5) is 14.2. The Kier molecular flexibility index (Phi) is 7.04. The maximum atomic E-state index is 12.9. The quantitative estimate of drug-likeness (QED) is 0.508. The van der Waals surface area contributed by atoms with Gasteiger partial charge in [0.05, 0.1) is 0 Å². The highest BCUT2D eigenvalue weighted by Crippen LogP contribution is 2.45. The molecule has 0 saturated carbocycles. The van der Waals surface area contributed by atoms with E-state index in [1.165, 1.54) is 38.9 Å². The molecule has 2 rings (SSSR count).